The number of hydrogen-bond acceptors (Lipinski definition) is 4. The Morgan fingerprint density at radius 1 is 1.28 bits per heavy atom. The van der Waals surface area contributed by atoms with Crippen molar-refractivity contribution in [2.75, 3.05) is 5.73 Å². The fourth-order valence-electron chi connectivity index (χ4n) is 1.68. The maximum absolute atomic E-state index is 5.96. The summed E-state index contributed by atoms with van der Waals surface area (Å²) in [6.07, 6.45) is 3.48. The molecule has 18 heavy (non-hydrogen) atoms. The van der Waals surface area contributed by atoms with Crippen LogP contribution in [0.25, 0.3) is 0 Å². The molecular formula is C14H17N3O. The number of aromatic nitrogens is 2. The zero-order chi connectivity index (χ0) is 13.0. The van der Waals surface area contributed by atoms with Gasteiger partial charge in [0.25, 0.3) is 0 Å². The maximum atomic E-state index is 5.96. The van der Waals surface area contributed by atoms with E-state index in [2.05, 4.69) is 16.9 Å². The van der Waals surface area contributed by atoms with E-state index in [1.165, 1.54) is 6.33 Å². The van der Waals surface area contributed by atoms with E-state index in [1.807, 2.05) is 31.2 Å². The first-order chi connectivity index (χ1) is 8.70. The van der Waals surface area contributed by atoms with E-state index in [0.717, 1.165) is 24.1 Å². The Morgan fingerprint density at radius 2 is 2.11 bits per heavy atom. The quantitative estimate of drug-likeness (QED) is 0.838. The van der Waals surface area contributed by atoms with Crippen LogP contribution in [0.2, 0.25) is 0 Å². The van der Waals surface area contributed by atoms with Crippen LogP contribution < -0.4 is 10.5 Å². The van der Waals surface area contributed by atoms with E-state index >= 15 is 0 Å². The Bertz CT molecular complexity index is 540. The van der Waals surface area contributed by atoms with E-state index in [0.29, 0.717) is 17.3 Å². The Kier molecular flexibility index (Phi) is 3.77. The highest BCUT2D eigenvalue weighted by Gasteiger charge is 2.06. The van der Waals surface area contributed by atoms with Gasteiger partial charge in [-0.3, -0.25) is 0 Å². The van der Waals surface area contributed by atoms with Crippen molar-refractivity contribution >= 4 is 5.69 Å². The highest BCUT2D eigenvalue weighted by molar-refractivity contribution is 5.58. The van der Waals surface area contributed by atoms with E-state index in [1.54, 1.807) is 0 Å². The van der Waals surface area contributed by atoms with E-state index in [4.69, 9.17) is 10.5 Å². The molecule has 0 aliphatic carbocycles. The number of rotatable bonds is 4. The van der Waals surface area contributed by atoms with Crippen LogP contribution in [0.1, 0.15) is 24.6 Å². The minimum Gasteiger partial charge on any atom is -0.437 e. The third kappa shape index (κ3) is 2.77. The zero-order valence-corrected chi connectivity index (χ0v) is 10.7. The molecule has 0 fully saturated rings. The summed E-state index contributed by atoms with van der Waals surface area (Å²) < 4.78 is 5.70. The average molecular weight is 243 g/mol. The van der Waals surface area contributed by atoms with Gasteiger partial charge in [-0.1, -0.05) is 25.5 Å². The topological polar surface area (TPSA) is 61.0 Å². The van der Waals surface area contributed by atoms with Crippen molar-refractivity contribution in [3.63, 3.8) is 0 Å². The minimum atomic E-state index is 0.533. The standard InChI is InChI=1S/C14H17N3O/c1-3-5-11-8-13(17-9-16-11)18-12-7-4-6-10(2)14(12)15/h4,6-9H,3,5,15H2,1-2H3. The van der Waals surface area contributed by atoms with Gasteiger partial charge in [0.05, 0.1) is 5.69 Å². The van der Waals surface area contributed by atoms with Crippen LogP contribution in [0, 0.1) is 6.92 Å². The summed E-state index contributed by atoms with van der Waals surface area (Å²) in [5.74, 6) is 1.17. The van der Waals surface area contributed by atoms with Gasteiger partial charge in [0, 0.05) is 11.8 Å². The Balaban J connectivity index is 2.23. The number of benzene rings is 1. The van der Waals surface area contributed by atoms with Gasteiger partial charge in [-0.15, -0.1) is 0 Å². The second-order valence-electron chi connectivity index (χ2n) is 4.19. The summed E-state index contributed by atoms with van der Waals surface area (Å²) in [6.45, 7) is 4.06. The van der Waals surface area contributed by atoms with Gasteiger partial charge < -0.3 is 10.5 Å². The highest BCUT2D eigenvalue weighted by atomic mass is 16.5. The molecule has 2 rings (SSSR count). The third-order valence-corrected chi connectivity index (χ3v) is 2.70. The van der Waals surface area contributed by atoms with Crippen LogP contribution in [-0.4, -0.2) is 9.97 Å². The number of para-hydroxylation sites is 1. The Morgan fingerprint density at radius 3 is 2.89 bits per heavy atom. The van der Waals surface area contributed by atoms with Crippen molar-refractivity contribution in [3.8, 4) is 11.6 Å². The number of ether oxygens (including phenoxy) is 1. The zero-order valence-electron chi connectivity index (χ0n) is 10.7. The molecule has 0 aliphatic heterocycles. The van der Waals surface area contributed by atoms with Crippen LogP contribution in [0.3, 0.4) is 0 Å². The number of nitrogen functional groups attached to an aromatic ring is 1. The molecule has 0 atom stereocenters. The molecule has 0 radical (unpaired) electrons. The molecule has 1 heterocycles. The van der Waals surface area contributed by atoms with E-state index in [-0.39, 0.29) is 0 Å². The molecule has 0 amide bonds. The molecule has 1 aromatic carbocycles. The molecule has 0 unspecified atom stereocenters. The molecule has 0 spiro atoms. The molecule has 2 aromatic rings. The van der Waals surface area contributed by atoms with Crippen LogP contribution in [0.5, 0.6) is 11.6 Å². The summed E-state index contributed by atoms with van der Waals surface area (Å²) >= 11 is 0. The van der Waals surface area contributed by atoms with Gasteiger partial charge in [0.1, 0.15) is 6.33 Å². The van der Waals surface area contributed by atoms with Gasteiger partial charge >= 0.3 is 0 Å². The lowest BCUT2D eigenvalue weighted by molar-refractivity contribution is 0.462. The maximum Gasteiger partial charge on any atom is 0.222 e. The molecule has 0 bridgehead atoms. The van der Waals surface area contributed by atoms with Gasteiger partial charge in [0.2, 0.25) is 5.88 Å². The first-order valence-corrected chi connectivity index (χ1v) is 6.04. The largest absolute Gasteiger partial charge is 0.437 e. The molecule has 4 heteroatoms. The predicted molar refractivity (Wildman–Crippen MR) is 71.7 cm³/mol. The number of aryl methyl sites for hydroxylation is 2. The third-order valence-electron chi connectivity index (χ3n) is 2.70. The van der Waals surface area contributed by atoms with E-state index in [9.17, 15) is 0 Å². The molecule has 0 aliphatic rings. The molecule has 0 saturated heterocycles. The summed E-state index contributed by atoms with van der Waals surface area (Å²) in [4.78, 5) is 8.29. The van der Waals surface area contributed by atoms with Crippen molar-refractivity contribution < 1.29 is 4.74 Å². The highest BCUT2D eigenvalue weighted by Crippen LogP contribution is 2.28. The first kappa shape index (κ1) is 12.4. The molecule has 94 valence electrons. The number of nitrogens with zero attached hydrogens (tertiary/aromatic N) is 2. The summed E-state index contributed by atoms with van der Waals surface area (Å²) in [5.41, 5.74) is 8.58. The fraction of sp³-hybridized carbons (Fsp3) is 0.286. The number of anilines is 1. The fourth-order valence-corrected chi connectivity index (χ4v) is 1.68. The van der Waals surface area contributed by atoms with Gasteiger partial charge in [-0.2, -0.15) is 0 Å². The minimum absolute atomic E-state index is 0.533. The van der Waals surface area contributed by atoms with Gasteiger partial charge in [-0.05, 0) is 25.0 Å². The lowest BCUT2D eigenvalue weighted by atomic mass is 10.2. The van der Waals surface area contributed by atoms with Crippen molar-refractivity contribution in [1.82, 2.24) is 9.97 Å². The lowest BCUT2D eigenvalue weighted by Gasteiger charge is -2.09. The smallest absolute Gasteiger partial charge is 0.222 e. The van der Waals surface area contributed by atoms with Crippen molar-refractivity contribution in [1.29, 1.82) is 0 Å². The molecule has 0 saturated carbocycles. The monoisotopic (exact) mass is 243 g/mol. The molecular weight excluding hydrogens is 226 g/mol. The Labute approximate surface area is 107 Å². The van der Waals surface area contributed by atoms with E-state index < -0.39 is 0 Å². The molecule has 2 N–H and O–H groups in total. The number of hydrogen-bond donors (Lipinski definition) is 1. The number of nitrogens with two attached hydrogens (primary N) is 1. The van der Waals surface area contributed by atoms with Crippen LogP contribution >= 0.6 is 0 Å². The summed E-state index contributed by atoms with van der Waals surface area (Å²) in [5, 5.41) is 0. The van der Waals surface area contributed by atoms with Crippen LogP contribution in [0.15, 0.2) is 30.6 Å². The first-order valence-electron chi connectivity index (χ1n) is 6.04. The van der Waals surface area contributed by atoms with Gasteiger partial charge in [0.15, 0.2) is 5.75 Å². The average Bonchev–Trinajstić information content (AvgIpc) is 2.36. The second-order valence-corrected chi connectivity index (χ2v) is 4.19. The van der Waals surface area contributed by atoms with Gasteiger partial charge in [-0.25, -0.2) is 9.97 Å². The lowest BCUT2D eigenvalue weighted by Crippen LogP contribution is -1.97. The summed E-state index contributed by atoms with van der Waals surface area (Å²) in [6, 6.07) is 7.55. The normalized spacial score (nSPS) is 10.3. The van der Waals surface area contributed by atoms with Crippen LogP contribution in [-0.2, 0) is 6.42 Å². The van der Waals surface area contributed by atoms with Crippen molar-refractivity contribution in [2.45, 2.75) is 26.7 Å². The molecule has 4 nitrogen and oxygen atoms in total. The van der Waals surface area contributed by atoms with Crippen molar-refractivity contribution in [2.24, 2.45) is 0 Å². The summed E-state index contributed by atoms with van der Waals surface area (Å²) in [7, 11) is 0. The molecule has 1 aromatic heterocycles. The van der Waals surface area contributed by atoms with Crippen molar-refractivity contribution in [3.05, 3.63) is 41.9 Å². The van der Waals surface area contributed by atoms with Crippen LogP contribution in [0.4, 0.5) is 5.69 Å². The Hall–Kier alpha value is -2.10. The second kappa shape index (κ2) is 5.49. The predicted octanol–water partition coefficient (Wildman–Crippen LogP) is 3.11. The SMILES string of the molecule is CCCc1cc(Oc2cccc(C)c2N)ncn1.